The number of unbranched alkanes of at least 4 members (excludes halogenated alkanes) is 2. The zero-order valence-electron chi connectivity index (χ0n) is 10.9. The van der Waals surface area contributed by atoms with Crippen LogP contribution in [0.4, 0.5) is 0 Å². The van der Waals surface area contributed by atoms with Crippen molar-refractivity contribution < 1.29 is 14.3 Å². The number of esters is 1. The predicted octanol–water partition coefficient (Wildman–Crippen LogP) is 1.90. The largest absolute Gasteiger partial charge is 0.466 e. The zero-order chi connectivity index (χ0) is 13.0. The quantitative estimate of drug-likeness (QED) is 0.394. The Morgan fingerprint density at radius 2 is 2.22 bits per heavy atom. The maximum Gasteiger partial charge on any atom is 0.305 e. The summed E-state index contributed by atoms with van der Waals surface area (Å²) in [6, 6.07) is 0.340. The fourth-order valence-corrected chi connectivity index (χ4v) is 2.71. The molecule has 1 heterocycles. The molecule has 1 saturated heterocycles. The first-order valence-electron chi connectivity index (χ1n) is 6.86. The van der Waals surface area contributed by atoms with E-state index in [0.29, 0.717) is 19.1 Å². The maximum atomic E-state index is 11.8. The molecule has 2 unspecified atom stereocenters. The lowest BCUT2D eigenvalue weighted by molar-refractivity contribution is -0.143. The van der Waals surface area contributed by atoms with E-state index in [1.54, 1.807) is 0 Å². The van der Waals surface area contributed by atoms with Crippen LogP contribution < -0.4 is 0 Å². The van der Waals surface area contributed by atoms with E-state index in [9.17, 15) is 9.59 Å². The van der Waals surface area contributed by atoms with Crippen LogP contribution in [0, 0.1) is 5.92 Å². The van der Waals surface area contributed by atoms with E-state index in [2.05, 4.69) is 6.08 Å². The fraction of sp³-hybridized carbons (Fsp3) is 0.714. The first-order chi connectivity index (χ1) is 8.72. The van der Waals surface area contributed by atoms with Crippen molar-refractivity contribution in [3.05, 3.63) is 12.2 Å². The lowest BCUT2D eigenvalue weighted by atomic mass is 10.1. The van der Waals surface area contributed by atoms with Crippen LogP contribution in [0.2, 0.25) is 0 Å². The van der Waals surface area contributed by atoms with Crippen LogP contribution in [0.5, 0.6) is 0 Å². The molecule has 1 amide bonds. The molecular weight excluding hydrogens is 230 g/mol. The molecule has 0 radical (unpaired) electrons. The van der Waals surface area contributed by atoms with Gasteiger partial charge in [-0.1, -0.05) is 18.6 Å². The van der Waals surface area contributed by atoms with E-state index in [1.807, 2.05) is 17.9 Å². The van der Waals surface area contributed by atoms with E-state index < -0.39 is 0 Å². The molecule has 0 aromatic heterocycles. The summed E-state index contributed by atoms with van der Waals surface area (Å²) in [5, 5.41) is 0. The van der Waals surface area contributed by atoms with Crippen LogP contribution in [0.1, 0.15) is 39.0 Å². The molecule has 2 aliphatic rings. The van der Waals surface area contributed by atoms with Gasteiger partial charge < -0.3 is 9.64 Å². The molecule has 1 aliphatic heterocycles. The second kappa shape index (κ2) is 6.03. The molecule has 4 nitrogen and oxygen atoms in total. The average Bonchev–Trinajstić information content (AvgIpc) is 2.92. The first-order valence-corrected chi connectivity index (χ1v) is 6.86. The molecule has 2 rings (SSSR count). The van der Waals surface area contributed by atoms with Crippen molar-refractivity contribution in [2.75, 3.05) is 13.2 Å². The highest BCUT2D eigenvalue weighted by atomic mass is 16.5. The summed E-state index contributed by atoms with van der Waals surface area (Å²) in [5.74, 6) is 0.319. The highest BCUT2D eigenvalue weighted by Gasteiger charge is 2.40. The van der Waals surface area contributed by atoms with Crippen molar-refractivity contribution in [2.45, 2.75) is 45.1 Å². The van der Waals surface area contributed by atoms with Crippen LogP contribution >= 0.6 is 0 Å². The van der Waals surface area contributed by atoms with E-state index in [0.717, 1.165) is 32.2 Å². The van der Waals surface area contributed by atoms with Gasteiger partial charge in [0.05, 0.1) is 18.6 Å². The number of amides is 1. The summed E-state index contributed by atoms with van der Waals surface area (Å²) < 4.78 is 4.87. The van der Waals surface area contributed by atoms with E-state index >= 15 is 0 Å². The third kappa shape index (κ3) is 2.92. The summed E-state index contributed by atoms with van der Waals surface area (Å²) in [6.45, 7) is 3.10. The SMILES string of the molecule is CCOC(=O)CCCCCN1C(=O)C2C=CC1C2. The number of nitrogens with zero attached hydrogens (tertiary/aromatic N) is 1. The third-order valence-corrected chi connectivity index (χ3v) is 3.65. The summed E-state index contributed by atoms with van der Waals surface area (Å²) in [7, 11) is 0. The molecule has 100 valence electrons. The Kier molecular flexibility index (Phi) is 4.39. The van der Waals surface area contributed by atoms with Gasteiger partial charge >= 0.3 is 5.97 Å². The number of rotatable bonds is 7. The fourth-order valence-electron chi connectivity index (χ4n) is 2.71. The number of carbonyl (C=O) groups is 2. The van der Waals surface area contributed by atoms with Crippen LogP contribution in [0.15, 0.2) is 12.2 Å². The van der Waals surface area contributed by atoms with Gasteiger partial charge in [0.15, 0.2) is 0 Å². The first kappa shape index (κ1) is 13.1. The third-order valence-electron chi connectivity index (χ3n) is 3.65. The second-order valence-corrected chi connectivity index (χ2v) is 4.94. The molecule has 0 N–H and O–H groups in total. The van der Waals surface area contributed by atoms with Gasteiger partial charge in [-0.3, -0.25) is 9.59 Å². The molecule has 0 aromatic carbocycles. The zero-order valence-corrected chi connectivity index (χ0v) is 10.9. The van der Waals surface area contributed by atoms with Gasteiger partial charge in [0.25, 0.3) is 0 Å². The van der Waals surface area contributed by atoms with Crippen molar-refractivity contribution in [3.63, 3.8) is 0 Å². The monoisotopic (exact) mass is 251 g/mol. The number of fused-ring (bicyclic) bond motifs is 2. The number of likely N-dealkylation sites (tertiary alicyclic amines) is 1. The van der Waals surface area contributed by atoms with E-state index in [4.69, 9.17) is 4.74 Å². The van der Waals surface area contributed by atoms with Gasteiger partial charge in [-0.15, -0.1) is 0 Å². The molecular formula is C14H21NO3. The molecule has 1 aliphatic carbocycles. The highest BCUT2D eigenvalue weighted by molar-refractivity contribution is 5.85. The van der Waals surface area contributed by atoms with Crippen molar-refractivity contribution in [2.24, 2.45) is 5.92 Å². The standard InChI is InChI=1S/C14H21NO3/c1-2-18-13(16)6-4-3-5-9-15-12-8-7-11(10-12)14(15)17/h7-8,11-12H,2-6,9-10H2,1H3. The minimum absolute atomic E-state index is 0.114. The smallest absolute Gasteiger partial charge is 0.305 e. The van der Waals surface area contributed by atoms with Crippen LogP contribution in [-0.4, -0.2) is 36.0 Å². The molecule has 1 fully saturated rings. The number of carbonyl (C=O) groups excluding carboxylic acids is 2. The molecule has 4 heteroatoms. The summed E-state index contributed by atoms with van der Waals surface area (Å²) in [6.07, 6.45) is 8.45. The Morgan fingerprint density at radius 1 is 1.39 bits per heavy atom. The number of hydrogen-bond acceptors (Lipinski definition) is 3. The summed E-state index contributed by atoms with van der Waals surface area (Å²) >= 11 is 0. The Bertz CT molecular complexity index is 351. The minimum atomic E-state index is -0.114. The summed E-state index contributed by atoms with van der Waals surface area (Å²) in [4.78, 5) is 24.9. The Labute approximate surface area is 108 Å². The van der Waals surface area contributed by atoms with Crippen molar-refractivity contribution in [1.29, 1.82) is 0 Å². The topological polar surface area (TPSA) is 46.6 Å². The second-order valence-electron chi connectivity index (χ2n) is 4.94. The molecule has 0 saturated carbocycles. The van der Waals surface area contributed by atoms with Crippen LogP contribution in [0.3, 0.4) is 0 Å². The van der Waals surface area contributed by atoms with Crippen molar-refractivity contribution in [3.8, 4) is 0 Å². The van der Waals surface area contributed by atoms with Gasteiger partial charge in [0.2, 0.25) is 5.91 Å². The summed E-state index contributed by atoms with van der Waals surface area (Å²) in [5.41, 5.74) is 0. The lowest BCUT2D eigenvalue weighted by Crippen LogP contribution is -2.35. The normalized spacial score (nSPS) is 24.9. The Morgan fingerprint density at radius 3 is 2.89 bits per heavy atom. The van der Waals surface area contributed by atoms with Crippen LogP contribution in [0.25, 0.3) is 0 Å². The van der Waals surface area contributed by atoms with Crippen molar-refractivity contribution in [1.82, 2.24) is 4.90 Å². The van der Waals surface area contributed by atoms with E-state index in [-0.39, 0.29) is 17.8 Å². The lowest BCUT2D eigenvalue weighted by Gasteiger charge is -2.23. The van der Waals surface area contributed by atoms with Gasteiger partial charge in [-0.2, -0.15) is 0 Å². The number of ether oxygens (including phenoxy) is 1. The van der Waals surface area contributed by atoms with Gasteiger partial charge in [0, 0.05) is 13.0 Å². The Balaban J connectivity index is 1.58. The van der Waals surface area contributed by atoms with Gasteiger partial charge in [-0.05, 0) is 26.2 Å². The maximum absolute atomic E-state index is 11.8. The van der Waals surface area contributed by atoms with Gasteiger partial charge in [-0.25, -0.2) is 0 Å². The molecule has 0 aromatic rings. The predicted molar refractivity (Wildman–Crippen MR) is 67.8 cm³/mol. The minimum Gasteiger partial charge on any atom is -0.466 e. The molecule has 18 heavy (non-hydrogen) atoms. The van der Waals surface area contributed by atoms with E-state index in [1.165, 1.54) is 0 Å². The van der Waals surface area contributed by atoms with Gasteiger partial charge in [0.1, 0.15) is 0 Å². The molecule has 2 bridgehead atoms. The van der Waals surface area contributed by atoms with Crippen LogP contribution in [-0.2, 0) is 14.3 Å². The number of hydrogen-bond donors (Lipinski definition) is 0. The van der Waals surface area contributed by atoms with Crippen molar-refractivity contribution >= 4 is 11.9 Å². The average molecular weight is 251 g/mol. The molecule has 0 spiro atoms. The molecule has 2 atom stereocenters. The highest BCUT2D eigenvalue weighted by Crippen LogP contribution is 2.32. The Hall–Kier alpha value is -1.32.